The van der Waals surface area contributed by atoms with E-state index in [2.05, 4.69) is 41.5 Å². The monoisotopic (exact) mass is 452 g/mol. The van der Waals surface area contributed by atoms with Crippen molar-refractivity contribution in [1.82, 2.24) is 0 Å². The molecule has 0 bridgehead atoms. The third-order valence-corrected chi connectivity index (χ3v) is 0. The van der Waals surface area contributed by atoms with Crippen LogP contribution in [0.2, 0.25) is 0 Å². The fraction of sp³-hybridized carbons (Fsp3) is 0.750. The molecule has 0 heterocycles. The average molecular weight is 453 g/mol. The largest absolute Gasteiger partial charge is 4.00 e. The molecule has 11 heavy (non-hydrogen) atoms. The number of hydrogen-bond donors (Lipinski definition) is 0. The Bertz CT molecular complexity index is 27.6. The number of halogens is 2. The number of rotatable bonds is 0. The van der Waals surface area contributed by atoms with Gasteiger partial charge in [-0.3, -0.25) is 0 Å². The Hall–Kier alpha value is 1.83. The number of hydrogen-bond acceptors (Lipinski definition) is 0. The van der Waals surface area contributed by atoms with Gasteiger partial charge in [-0.2, -0.15) is 11.8 Å². The van der Waals surface area contributed by atoms with Crippen molar-refractivity contribution in [2.24, 2.45) is 11.8 Å². The van der Waals surface area contributed by atoms with E-state index in [1.54, 1.807) is 0 Å². The fourth-order valence-corrected chi connectivity index (χ4v) is 0. The van der Waals surface area contributed by atoms with E-state index in [1.807, 2.05) is 0 Å². The van der Waals surface area contributed by atoms with Crippen LogP contribution in [0.15, 0.2) is 0 Å². The summed E-state index contributed by atoms with van der Waals surface area (Å²) in [7, 11) is 0. The molecule has 0 aromatic carbocycles. The standard InChI is InChI=1S/2C4H9.2BrH.Hf/c2*1-4(2)3;;;/h2*4H,1H2,2-3H3;2*1H;/q2*-1;;;+4/p-2. The molecule has 0 saturated heterocycles. The van der Waals surface area contributed by atoms with E-state index in [0.717, 1.165) is 0 Å². The molecule has 0 unspecified atom stereocenters. The van der Waals surface area contributed by atoms with Crippen LogP contribution in [0.3, 0.4) is 0 Å². The minimum Gasteiger partial charge on any atom is -1.00 e. The van der Waals surface area contributed by atoms with Crippen LogP contribution in [-0.4, -0.2) is 0 Å². The fourth-order valence-electron chi connectivity index (χ4n) is 0. The van der Waals surface area contributed by atoms with Gasteiger partial charge >= 0.3 is 25.8 Å². The Morgan fingerprint density at radius 2 is 0.727 bits per heavy atom. The summed E-state index contributed by atoms with van der Waals surface area (Å²) >= 11 is 0. The van der Waals surface area contributed by atoms with Crippen molar-refractivity contribution in [2.75, 3.05) is 0 Å². The maximum atomic E-state index is 3.64. The third-order valence-electron chi connectivity index (χ3n) is 0. The molecule has 0 aromatic heterocycles. The molecule has 0 N–H and O–H groups in total. The van der Waals surface area contributed by atoms with E-state index < -0.39 is 0 Å². The first-order valence-electron chi connectivity index (χ1n) is 3.13. The zero-order valence-electron chi connectivity index (χ0n) is 7.82. The van der Waals surface area contributed by atoms with Crippen LogP contribution in [-0.2, 0) is 25.8 Å². The van der Waals surface area contributed by atoms with E-state index in [-0.39, 0.29) is 59.8 Å². The summed E-state index contributed by atoms with van der Waals surface area (Å²) in [5.41, 5.74) is 0. The van der Waals surface area contributed by atoms with Crippen LogP contribution in [0.5, 0.6) is 0 Å². The summed E-state index contributed by atoms with van der Waals surface area (Å²) in [5, 5.41) is 0. The molecule has 68 valence electrons. The SMILES string of the molecule is [Br-].[Br-].[CH2-]C(C)C.[CH2-]C(C)C.[Hf+4]. The molecule has 0 nitrogen and oxygen atoms in total. The van der Waals surface area contributed by atoms with E-state index in [4.69, 9.17) is 0 Å². The van der Waals surface area contributed by atoms with E-state index in [0.29, 0.717) is 11.8 Å². The summed E-state index contributed by atoms with van der Waals surface area (Å²) in [6, 6.07) is 0. The Kier molecular flexibility index (Phi) is 60.3. The molecular formula is C8H18Br2Hf. The predicted molar refractivity (Wildman–Crippen MR) is 40.4 cm³/mol. The Morgan fingerprint density at radius 1 is 0.727 bits per heavy atom. The maximum Gasteiger partial charge on any atom is 4.00 e. The Balaban J connectivity index is -0.0000000171. The van der Waals surface area contributed by atoms with Gasteiger partial charge in [0.2, 0.25) is 0 Å². The topological polar surface area (TPSA) is 0 Å². The van der Waals surface area contributed by atoms with Crippen molar-refractivity contribution in [3.8, 4) is 0 Å². The molecule has 0 aromatic rings. The van der Waals surface area contributed by atoms with Crippen molar-refractivity contribution in [1.29, 1.82) is 0 Å². The molecule has 0 spiro atoms. The molecule has 0 radical (unpaired) electrons. The van der Waals surface area contributed by atoms with Crippen LogP contribution in [0.4, 0.5) is 0 Å². The van der Waals surface area contributed by atoms with Crippen molar-refractivity contribution in [3.05, 3.63) is 13.8 Å². The Morgan fingerprint density at radius 3 is 0.727 bits per heavy atom. The zero-order chi connectivity index (χ0) is 7.15. The van der Waals surface area contributed by atoms with Gasteiger partial charge in [-0.1, -0.05) is 27.7 Å². The molecular weight excluding hydrogens is 434 g/mol. The second kappa shape index (κ2) is 22.6. The van der Waals surface area contributed by atoms with E-state index in [1.165, 1.54) is 0 Å². The van der Waals surface area contributed by atoms with Gasteiger partial charge in [0.15, 0.2) is 0 Å². The quantitative estimate of drug-likeness (QED) is 0.271. The summed E-state index contributed by atoms with van der Waals surface area (Å²) in [5.74, 6) is 1.17. The molecule has 0 fully saturated rings. The van der Waals surface area contributed by atoms with Gasteiger partial charge in [-0.25, -0.2) is 0 Å². The summed E-state index contributed by atoms with van der Waals surface area (Å²) in [6.07, 6.45) is 0. The normalized spacial score (nSPS) is 6.55. The predicted octanol–water partition coefficient (Wildman–Crippen LogP) is -3.04. The van der Waals surface area contributed by atoms with Crippen molar-refractivity contribution < 1.29 is 59.8 Å². The zero-order valence-corrected chi connectivity index (χ0v) is 14.6. The summed E-state index contributed by atoms with van der Waals surface area (Å²) < 4.78 is 0. The minimum absolute atomic E-state index is 0. The Labute approximate surface area is 112 Å². The smallest absolute Gasteiger partial charge is 1.00 e. The van der Waals surface area contributed by atoms with E-state index in [9.17, 15) is 0 Å². The maximum absolute atomic E-state index is 3.64. The second-order valence-electron chi connectivity index (χ2n) is 2.79. The first kappa shape index (κ1) is 29.3. The van der Waals surface area contributed by atoms with Crippen molar-refractivity contribution >= 4 is 0 Å². The van der Waals surface area contributed by atoms with Gasteiger partial charge < -0.3 is 47.8 Å². The van der Waals surface area contributed by atoms with Gasteiger partial charge in [0.25, 0.3) is 0 Å². The first-order chi connectivity index (χ1) is 3.46. The van der Waals surface area contributed by atoms with Crippen LogP contribution >= 0.6 is 0 Å². The van der Waals surface area contributed by atoms with Gasteiger partial charge in [0.05, 0.1) is 0 Å². The van der Waals surface area contributed by atoms with Crippen LogP contribution < -0.4 is 34.0 Å². The molecule has 0 aliphatic carbocycles. The third kappa shape index (κ3) is 341. The average Bonchev–Trinajstić information content (AvgIpc) is 1.25. The van der Waals surface area contributed by atoms with Gasteiger partial charge in [-0.15, -0.1) is 0 Å². The summed E-state index contributed by atoms with van der Waals surface area (Å²) in [6.45, 7) is 15.5. The summed E-state index contributed by atoms with van der Waals surface area (Å²) in [4.78, 5) is 0. The van der Waals surface area contributed by atoms with Crippen molar-refractivity contribution in [3.63, 3.8) is 0 Å². The molecule has 0 aliphatic heterocycles. The molecule has 0 rings (SSSR count). The van der Waals surface area contributed by atoms with Crippen molar-refractivity contribution in [2.45, 2.75) is 27.7 Å². The van der Waals surface area contributed by atoms with Crippen LogP contribution in [0.1, 0.15) is 27.7 Å². The van der Waals surface area contributed by atoms with Gasteiger partial charge in [0, 0.05) is 0 Å². The molecule has 0 amide bonds. The second-order valence-corrected chi connectivity index (χ2v) is 2.79. The van der Waals surface area contributed by atoms with E-state index >= 15 is 0 Å². The van der Waals surface area contributed by atoms with Crippen LogP contribution in [0.25, 0.3) is 0 Å². The molecule has 0 atom stereocenters. The molecule has 0 saturated carbocycles. The minimum atomic E-state index is 0. The molecule has 3 heteroatoms. The first-order valence-corrected chi connectivity index (χ1v) is 3.13. The molecule has 0 aliphatic rings. The van der Waals surface area contributed by atoms with Gasteiger partial charge in [-0.05, 0) is 0 Å². The van der Waals surface area contributed by atoms with Crippen LogP contribution in [0, 0.1) is 25.7 Å². The van der Waals surface area contributed by atoms with Gasteiger partial charge in [0.1, 0.15) is 0 Å².